The van der Waals surface area contributed by atoms with Crippen molar-refractivity contribution >= 4 is 51.1 Å². The number of anilines is 1. The average Bonchev–Trinajstić information content (AvgIpc) is 3.26. The van der Waals surface area contributed by atoms with Crippen LogP contribution in [0.25, 0.3) is 11.6 Å². The number of carbonyl (C=O) groups is 2. The van der Waals surface area contributed by atoms with Crippen molar-refractivity contribution in [1.29, 1.82) is 0 Å². The molecule has 7 nitrogen and oxygen atoms in total. The van der Waals surface area contributed by atoms with E-state index in [1.54, 1.807) is 35.2 Å². The number of benzene rings is 2. The highest BCUT2D eigenvalue weighted by molar-refractivity contribution is 9.10. The number of hydrogen-bond acceptors (Lipinski definition) is 5. The zero-order valence-electron chi connectivity index (χ0n) is 14.9. The van der Waals surface area contributed by atoms with Crippen molar-refractivity contribution in [1.82, 2.24) is 0 Å². The molecule has 1 amide bonds. The van der Waals surface area contributed by atoms with Crippen LogP contribution in [0.5, 0.6) is 0 Å². The maximum atomic E-state index is 13.2. The molecule has 0 fully saturated rings. The molecule has 29 heavy (non-hydrogen) atoms. The summed E-state index contributed by atoms with van der Waals surface area (Å²) in [6, 6.07) is 14.8. The van der Waals surface area contributed by atoms with Crippen LogP contribution in [-0.2, 0) is 11.3 Å². The number of hydrogen-bond donors (Lipinski definition) is 0. The van der Waals surface area contributed by atoms with Gasteiger partial charge in [-0.25, -0.2) is 0 Å². The summed E-state index contributed by atoms with van der Waals surface area (Å²) in [4.78, 5) is 36.2. The van der Waals surface area contributed by atoms with E-state index >= 15 is 0 Å². The second-order valence-electron chi connectivity index (χ2n) is 6.38. The maximum absolute atomic E-state index is 13.2. The summed E-state index contributed by atoms with van der Waals surface area (Å²) in [5.74, 6) is 0.412. The molecule has 0 saturated carbocycles. The van der Waals surface area contributed by atoms with Gasteiger partial charge in [-0.15, -0.1) is 0 Å². The van der Waals surface area contributed by atoms with Gasteiger partial charge in [0, 0.05) is 27.7 Å². The average molecular weight is 453 g/mol. The molecule has 0 atom stereocenters. The summed E-state index contributed by atoms with van der Waals surface area (Å²) < 4.78 is 6.21. The van der Waals surface area contributed by atoms with Gasteiger partial charge in [0.05, 0.1) is 17.2 Å². The minimum atomic E-state index is -0.475. The van der Waals surface area contributed by atoms with Gasteiger partial charge >= 0.3 is 0 Å². The molecular weight excluding hydrogens is 440 g/mol. The van der Waals surface area contributed by atoms with E-state index in [9.17, 15) is 19.7 Å². The van der Waals surface area contributed by atoms with Crippen molar-refractivity contribution in [2.75, 3.05) is 4.90 Å². The van der Waals surface area contributed by atoms with E-state index in [4.69, 9.17) is 4.42 Å². The standard InChI is InChI=1S/C21H13BrN2O5/c22-14-4-7-20-18(10-14)19(9-13-2-1-3-15(8-13)24(27)28)21(26)23(20)11-16-5-6-17(12-25)29-16/h1-10,12H,11H2/b19-9+. The van der Waals surface area contributed by atoms with Crippen LogP contribution in [0.4, 0.5) is 11.4 Å². The minimum absolute atomic E-state index is 0.0481. The number of non-ortho nitro benzene ring substituents is 1. The summed E-state index contributed by atoms with van der Waals surface area (Å²) >= 11 is 3.42. The quantitative estimate of drug-likeness (QED) is 0.238. The SMILES string of the molecule is O=Cc1ccc(CN2C(=O)/C(=C/c3cccc([N+](=O)[O-])c3)c3cc(Br)ccc32)o1. The van der Waals surface area contributed by atoms with Gasteiger partial charge in [-0.1, -0.05) is 28.1 Å². The first kappa shape index (κ1) is 18.8. The highest BCUT2D eigenvalue weighted by Gasteiger charge is 2.33. The van der Waals surface area contributed by atoms with Crippen molar-refractivity contribution in [2.45, 2.75) is 6.54 Å². The molecule has 0 bridgehead atoms. The molecule has 1 aromatic heterocycles. The first-order chi connectivity index (χ1) is 14.0. The Kier molecular flexibility index (Phi) is 4.85. The van der Waals surface area contributed by atoms with E-state index in [1.165, 1.54) is 12.1 Å². The normalized spacial score (nSPS) is 14.3. The van der Waals surface area contributed by atoms with Gasteiger partial charge in [-0.3, -0.25) is 19.7 Å². The molecular formula is C21H13BrN2O5. The Labute approximate surface area is 173 Å². The summed E-state index contributed by atoms with van der Waals surface area (Å²) in [6.45, 7) is 0.160. The van der Waals surface area contributed by atoms with Crippen molar-refractivity contribution in [3.63, 3.8) is 0 Å². The summed E-state index contributed by atoms with van der Waals surface area (Å²) in [7, 11) is 0. The van der Waals surface area contributed by atoms with E-state index in [2.05, 4.69) is 15.9 Å². The number of aldehydes is 1. The van der Waals surface area contributed by atoms with Crippen molar-refractivity contribution < 1.29 is 18.9 Å². The third-order valence-corrected chi connectivity index (χ3v) is 5.01. The van der Waals surface area contributed by atoms with Crippen LogP contribution in [0.2, 0.25) is 0 Å². The maximum Gasteiger partial charge on any atom is 0.270 e. The Hall–Kier alpha value is -3.52. The second-order valence-corrected chi connectivity index (χ2v) is 7.30. The Bertz CT molecular complexity index is 1180. The molecule has 8 heteroatoms. The number of furan rings is 1. The van der Waals surface area contributed by atoms with Crippen LogP contribution in [0.3, 0.4) is 0 Å². The third kappa shape index (κ3) is 3.62. The molecule has 144 valence electrons. The molecule has 0 spiro atoms. The van der Waals surface area contributed by atoms with Gasteiger partial charge < -0.3 is 9.32 Å². The number of nitro benzene ring substituents is 1. The van der Waals surface area contributed by atoms with Crippen LogP contribution >= 0.6 is 15.9 Å². The number of fused-ring (bicyclic) bond motifs is 1. The van der Waals surface area contributed by atoms with Crippen LogP contribution in [0.1, 0.15) is 27.4 Å². The molecule has 4 rings (SSSR count). The fourth-order valence-electron chi connectivity index (χ4n) is 3.22. The first-order valence-electron chi connectivity index (χ1n) is 8.58. The lowest BCUT2D eigenvalue weighted by atomic mass is 10.0. The van der Waals surface area contributed by atoms with Crippen molar-refractivity contribution in [3.8, 4) is 0 Å². The fourth-order valence-corrected chi connectivity index (χ4v) is 3.58. The summed E-state index contributed by atoms with van der Waals surface area (Å²) in [5, 5.41) is 11.0. The zero-order chi connectivity index (χ0) is 20.5. The monoisotopic (exact) mass is 452 g/mol. The number of amides is 1. The number of carbonyl (C=O) groups excluding carboxylic acids is 2. The highest BCUT2D eigenvalue weighted by Crippen LogP contribution is 2.40. The van der Waals surface area contributed by atoms with Crippen LogP contribution in [-0.4, -0.2) is 17.1 Å². The lowest BCUT2D eigenvalue weighted by Crippen LogP contribution is -2.25. The number of rotatable bonds is 5. The minimum Gasteiger partial charge on any atom is -0.456 e. The number of nitro groups is 1. The van der Waals surface area contributed by atoms with Crippen LogP contribution < -0.4 is 4.90 Å². The molecule has 3 aromatic rings. The number of halogens is 1. The van der Waals surface area contributed by atoms with Crippen molar-refractivity contribution in [2.24, 2.45) is 0 Å². The lowest BCUT2D eigenvalue weighted by Gasteiger charge is -2.15. The Morgan fingerprint density at radius 1 is 1.14 bits per heavy atom. The number of nitrogens with zero attached hydrogens (tertiary/aromatic N) is 2. The fraction of sp³-hybridized carbons (Fsp3) is 0.0476. The van der Waals surface area contributed by atoms with E-state index in [0.29, 0.717) is 34.4 Å². The molecule has 1 aliphatic rings. The van der Waals surface area contributed by atoms with E-state index in [1.807, 2.05) is 18.2 Å². The molecule has 1 aliphatic heterocycles. The summed E-state index contributed by atoms with van der Waals surface area (Å²) in [6.07, 6.45) is 2.24. The topological polar surface area (TPSA) is 93.7 Å². The Morgan fingerprint density at radius 3 is 2.69 bits per heavy atom. The predicted molar refractivity (Wildman–Crippen MR) is 110 cm³/mol. The van der Waals surface area contributed by atoms with Crippen molar-refractivity contribution in [3.05, 3.63) is 91.8 Å². The Balaban J connectivity index is 1.76. The molecule has 2 aromatic carbocycles. The van der Waals surface area contributed by atoms with Gasteiger partial charge in [-0.05, 0) is 42.0 Å². The van der Waals surface area contributed by atoms with Gasteiger partial charge in [0.15, 0.2) is 12.0 Å². The van der Waals surface area contributed by atoms with E-state index in [-0.39, 0.29) is 23.9 Å². The molecule has 0 radical (unpaired) electrons. The largest absolute Gasteiger partial charge is 0.456 e. The van der Waals surface area contributed by atoms with Gasteiger partial charge in [-0.2, -0.15) is 0 Å². The van der Waals surface area contributed by atoms with Gasteiger partial charge in [0.2, 0.25) is 0 Å². The second kappa shape index (κ2) is 7.48. The van der Waals surface area contributed by atoms with Crippen LogP contribution in [0.15, 0.2) is 63.5 Å². The van der Waals surface area contributed by atoms with Gasteiger partial charge in [0.1, 0.15) is 5.76 Å². The van der Waals surface area contributed by atoms with Gasteiger partial charge in [0.25, 0.3) is 11.6 Å². The molecule has 2 heterocycles. The third-order valence-electron chi connectivity index (χ3n) is 4.52. The lowest BCUT2D eigenvalue weighted by molar-refractivity contribution is -0.384. The molecule has 0 unspecified atom stereocenters. The highest BCUT2D eigenvalue weighted by atomic mass is 79.9. The smallest absolute Gasteiger partial charge is 0.270 e. The molecule has 0 saturated heterocycles. The van der Waals surface area contributed by atoms with E-state index in [0.717, 1.165) is 4.47 Å². The van der Waals surface area contributed by atoms with E-state index < -0.39 is 4.92 Å². The summed E-state index contributed by atoms with van der Waals surface area (Å²) in [5.41, 5.74) is 2.32. The first-order valence-corrected chi connectivity index (χ1v) is 9.37. The molecule has 0 aliphatic carbocycles. The predicted octanol–water partition coefficient (Wildman–Crippen LogP) is 4.85. The zero-order valence-corrected chi connectivity index (χ0v) is 16.5. The Morgan fingerprint density at radius 2 is 1.97 bits per heavy atom. The van der Waals surface area contributed by atoms with Crippen LogP contribution in [0, 0.1) is 10.1 Å². The molecule has 0 N–H and O–H groups in total.